The van der Waals surface area contributed by atoms with Gasteiger partial charge >= 0.3 is 6.03 Å². The molecule has 2 amide bonds. The minimum atomic E-state index is -0.211. The lowest BCUT2D eigenvalue weighted by Crippen LogP contribution is -2.44. The number of hydrogen-bond acceptors (Lipinski definition) is 3. The third-order valence-corrected chi connectivity index (χ3v) is 5.12. The van der Waals surface area contributed by atoms with Gasteiger partial charge in [-0.15, -0.1) is 0 Å². The molecule has 2 heterocycles. The van der Waals surface area contributed by atoms with Crippen LogP contribution < -0.4 is 10.2 Å². The number of hydrogen-bond donors (Lipinski definition) is 1. The van der Waals surface area contributed by atoms with Crippen molar-refractivity contribution in [2.45, 2.75) is 31.8 Å². The summed E-state index contributed by atoms with van der Waals surface area (Å²) in [5.74, 6) is 0.213. The van der Waals surface area contributed by atoms with E-state index in [2.05, 4.69) is 10.2 Å². The van der Waals surface area contributed by atoms with Gasteiger partial charge in [-0.2, -0.15) is 0 Å². The van der Waals surface area contributed by atoms with Crippen molar-refractivity contribution in [1.82, 2.24) is 10.2 Å². The molecule has 0 aromatic heterocycles. The van der Waals surface area contributed by atoms with Crippen molar-refractivity contribution in [3.05, 3.63) is 30.1 Å². The van der Waals surface area contributed by atoms with Gasteiger partial charge in [-0.25, -0.2) is 9.18 Å². The molecular formula is C19H28FN3O2. The lowest BCUT2D eigenvalue weighted by atomic mass is 10.1. The van der Waals surface area contributed by atoms with Crippen molar-refractivity contribution in [2.24, 2.45) is 5.92 Å². The summed E-state index contributed by atoms with van der Waals surface area (Å²) in [7, 11) is 1.83. The minimum absolute atomic E-state index is 0.0330. The molecule has 0 saturated carbocycles. The predicted molar refractivity (Wildman–Crippen MR) is 96.3 cm³/mol. The molecule has 0 aliphatic carbocycles. The molecule has 2 saturated heterocycles. The lowest BCUT2D eigenvalue weighted by Gasteiger charge is -2.28. The van der Waals surface area contributed by atoms with Crippen molar-refractivity contribution < 1.29 is 13.9 Å². The monoisotopic (exact) mass is 349 g/mol. The third kappa shape index (κ3) is 5.08. The Balaban J connectivity index is 1.39. The Morgan fingerprint density at radius 3 is 2.84 bits per heavy atom. The van der Waals surface area contributed by atoms with E-state index in [9.17, 15) is 9.18 Å². The van der Waals surface area contributed by atoms with Crippen LogP contribution in [0.3, 0.4) is 0 Å². The van der Waals surface area contributed by atoms with Gasteiger partial charge in [0.2, 0.25) is 0 Å². The molecule has 2 aliphatic rings. The fourth-order valence-electron chi connectivity index (χ4n) is 3.59. The number of likely N-dealkylation sites (N-methyl/N-ethyl adjacent to an activating group) is 1. The third-order valence-electron chi connectivity index (χ3n) is 5.12. The smallest absolute Gasteiger partial charge is 0.317 e. The normalized spacial score (nSPS) is 23.5. The maximum Gasteiger partial charge on any atom is 0.317 e. The lowest BCUT2D eigenvalue weighted by molar-refractivity contribution is 0.00384. The summed E-state index contributed by atoms with van der Waals surface area (Å²) >= 11 is 0. The average molecular weight is 349 g/mol. The minimum Gasteiger partial charge on any atom is -0.376 e. The molecule has 1 aromatic rings. The van der Waals surface area contributed by atoms with Crippen LogP contribution in [0.15, 0.2) is 24.3 Å². The van der Waals surface area contributed by atoms with E-state index < -0.39 is 0 Å². The molecule has 0 spiro atoms. The first-order valence-corrected chi connectivity index (χ1v) is 9.23. The number of amides is 2. The number of benzene rings is 1. The molecule has 0 radical (unpaired) electrons. The van der Waals surface area contributed by atoms with Crippen LogP contribution in [0.1, 0.15) is 25.7 Å². The van der Waals surface area contributed by atoms with Gasteiger partial charge in [0.25, 0.3) is 0 Å². The Labute approximate surface area is 149 Å². The molecule has 2 atom stereocenters. The molecule has 138 valence electrons. The number of nitrogens with zero attached hydrogens (tertiary/aromatic N) is 2. The maximum absolute atomic E-state index is 13.0. The van der Waals surface area contributed by atoms with E-state index >= 15 is 0 Å². The highest BCUT2D eigenvalue weighted by atomic mass is 19.1. The van der Waals surface area contributed by atoms with Crippen LogP contribution in [0.5, 0.6) is 0 Å². The van der Waals surface area contributed by atoms with Crippen LogP contribution >= 0.6 is 0 Å². The van der Waals surface area contributed by atoms with Gasteiger partial charge in [-0.1, -0.05) is 0 Å². The first kappa shape index (κ1) is 18.0. The first-order chi connectivity index (χ1) is 12.1. The summed E-state index contributed by atoms with van der Waals surface area (Å²) < 4.78 is 18.7. The molecular weight excluding hydrogens is 321 g/mol. The second-order valence-electron chi connectivity index (χ2n) is 7.13. The molecule has 2 fully saturated rings. The van der Waals surface area contributed by atoms with E-state index in [1.165, 1.54) is 18.6 Å². The molecule has 2 aliphatic heterocycles. The van der Waals surface area contributed by atoms with E-state index in [4.69, 9.17) is 4.74 Å². The summed E-state index contributed by atoms with van der Waals surface area (Å²) in [6, 6.07) is 6.58. The quantitative estimate of drug-likeness (QED) is 0.889. The maximum atomic E-state index is 13.0. The first-order valence-electron chi connectivity index (χ1n) is 9.23. The van der Waals surface area contributed by atoms with Crippen LogP contribution in [0.4, 0.5) is 14.9 Å². The number of rotatable bonds is 5. The second-order valence-corrected chi connectivity index (χ2v) is 7.13. The Kier molecular flexibility index (Phi) is 6.13. The van der Waals surface area contributed by atoms with Crippen molar-refractivity contribution in [1.29, 1.82) is 0 Å². The highest BCUT2D eigenvalue weighted by Crippen LogP contribution is 2.23. The number of urea groups is 1. The number of carbonyl (C=O) groups excluding carboxylic acids is 1. The number of halogens is 1. The largest absolute Gasteiger partial charge is 0.376 e. The fraction of sp³-hybridized carbons (Fsp3) is 0.632. The summed E-state index contributed by atoms with van der Waals surface area (Å²) in [5.41, 5.74) is 1.04. The van der Waals surface area contributed by atoms with E-state index in [0.717, 1.165) is 44.6 Å². The van der Waals surface area contributed by atoms with Crippen molar-refractivity contribution in [3.8, 4) is 0 Å². The molecule has 3 rings (SSSR count). The molecule has 2 unspecified atom stereocenters. The Morgan fingerprint density at radius 1 is 1.32 bits per heavy atom. The molecule has 6 heteroatoms. The average Bonchev–Trinajstić information content (AvgIpc) is 3.10. The van der Waals surface area contributed by atoms with E-state index in [-0.39, 0.29) is 18.0 Å². The highest BCUT2D eigenvalue weighted by Gasteiger charge is 2.24. The van der Waals surface area contributed by atoms with Gasteiger partial charge < -0.3 is 19.9 Å². The van der Waals surface area contributed by atoms with Crippen LogP contribution in [-0.2, 0) is 4.74 Å². The van der Waals surface area contributed by atoms with Gasteiger partial charge in [0.05, 0.1) is 6.10 Å². The summed E-state index contributed by atoms with van der Waals surface area (Å²) in [6.07, 6.45) is 4.55. The van der Waals surface area contributed by atoms with Gasteiger partial charge in [0, 0.05) is 45.5 Å². The Morgan fingerprint density at radius 2 is 2.12 bits per heavy atom. The number of nitrogens with one attached hydrogen (secondary N) is 1. The SMILES string of the molecule is CN(CC1CCCCO1)C(=O)NCC1CCN(c2ccc(F)cc2)C1. The van der Waals surface area contributed by atoms with Crippen LogP contribution in [0.2, 0.25) is 0 Å². The fourth-order valence-corrected chi connectivity index (χ4v) is 3.59. The highest BCUT2D eigenvalue weighted by molar-refractivity contribution is 5.73. The van der Waals surface area contributed by atoms with E-state index in [1.807, 2.05) is 19.2 Å². The zero-order chi connectivity index (χ0) is 17.6. The number of ether oxygens (including phenoxy) is 1. The molecule has 0 bridgehead atoms. The summed E-state index contributed by atoms with van der Waals surface area (Å²) in [6.45, 7) is 3.96. The van der Waals surface area contributed by atoms with Crippen LogP contribution in [-0.4, -0.2) is 56.9 Å². The van der Waals surface area contributed by atoms with Crippen LogP contribution in [0.25, 0.3) is 0 Å². The Hall–Kier alpha value is -1.82. The van der Waals surface area contributed by atoms with Gasteiger partial charge in [-0.3, -0.25) is 0 Å². The van der Waals surface area contributed by atoms with Gasteiger partial charge in [-0.05, 0) is 55.9 Å². The number of anilines is 1. The van der Waals surface area contributed by atoms with Crippen LogP contribution in [0, 0.1) is 11.7 Å². The van der Waals surface area contributed by atoms with E-state index in [0.29, 0.717) is 19.0 Å². The summed E-state index contributed by atoms with van der Waals surface area (Å²) in [4.78, 5) is 16.2. The molecule has 25 heavy (non-hydrogen) atoms. The van der Waals surface area contributed by atoms with Crippen molar-refractivity contribution in [2.75, 3.05) is 44.7 Å². The molecule has 1 aromatic carbocycles. The molecule has 1 N–H and O–H groups in total. The zero-order valence-electron chi connectivity index (χ0n) is 14.9. The topological polar surface area (TPSA) is 44.8 Å². The standard InChI is InChI=1S/C19H28FN3O2/c1-22(14-18-4-2-3-11-25-18)19(24)21-12-15-9-10-23(13-15)17-7-5-16(20)6-8-17/h5-8,15,18H,2-4,9-14H2,1H3,(H,21,24). The van der Waals surface area contributed by atoms with E-state index in [1.54, 1.807) is 4.90 Å². The van der Waals surface area contributed by atoms with Crippen molar-refractivity contribution in [3.63, 3.8) is 0 Å². The zero-order valence-corrected chi connectivity index (χ0v) is 14.9. The molecule has 5 nitrogen and oxygen atoms in total. The van der Waals surface area contributed by atoms with Crippen molar-refractivity contribution >= 4 is 11.7 Å². The van der Waals surface area contributed by atoms with Gasteiger partial charge in [0.1, 0.15) is 5.82 Å². The predicted octanol–water partition coefficient (Wildman–Crippen LogP) is 2.86. The van der Waals surface area contributed by atoms with Gasteiger partial charge in [0.15, 0.2) is 0 Å². The Bertz CT molecular complexity index is 560. The number of carbonyl (C=O) groups is 1. The summed E-state index contributed by atoms with van der Waals surface area (Å²) in [5, 5.41) is 3.04. The second kappa shape index (κ2) is 8.52.